The molecule has 0 saturated carbocycles. The summed E-state index contributed by atoms with van der Waals surface area (Å²) < 4.78 is 5.41. The van der Waals surface area contributed by atoms with Crippen LogP contribution in [-0.2, 0) is 4.74 Å². The van der Waals surface area contributed by atoms with Gasteiger partial charge < -0.3 is 20.1 Å². The minimum Gasteiger partial charge on any atom is -0.444 e. The molecule has 2 N–H and O–H groups in total. The predicted octanol–water partition coefficient (Wildman–Crippen LogP) is 1.36. The first-order chi connectivity index (χ1) is 8.87. The van der Waals surface area contributed by atoms with Crippen molar-refractivity contribution >= 4 is 6.09 Å². The zero-order valence-electron chi connectivity index (χ0n) is 12.2. The largest absolute Gasteiger partial charge is 0.444 e. The third-order valence-corrected chi connectivity index (χ3v) is 3.90. The lowest BCUT2D eigenvalue weighted by atomic mass is 9.86. The Balaban J connectivity index is 1.95. The highest BCUT2D eigenvalue weighted by Gasteiger charge is 2.37. The van der Waals surface area contributed by atoms with Crippen LogP contribution in [0.4, 0.5) is 4.79 Å². The van der Waals surface area contributed by atoms with Crippen LogP contribution in [0, 0.1) is 5.92 Å². The minimum atomic E-state index is -0.454. The molecule has 0 aliphatic carbocycles. The van der Waals surface area contributed by atoms with Crippen LogP contribution < -0.4 is 5.32 Å². The molecule has 2 aliphatic rings. The Morgan fingerprint density at radius 2 is 2.11 bits per heavy atom. The summed E-state index contributed by atoms with van der Waals surface area (Å²) in [6.45, 7) is 7.87. The zero-order chi connectivity index (χ0) is 14.0. The molecular formula is C14H26N2O3. The number of aliphatic hydroxyl groups excluding tert-OH is 1. The molecule has 2 aliphatic heterocycles. The van der Waals surface area contributed by atoms with E-state index in [2.05, 4.69) is 5.32 Å². The Morgan fingerprint density at radius 1 is 1.37 bits per heavy atom. The molecule has 5 heteroatoms. The summed E-state index contributed by atoms with van der Waals surface area (Å²) in [6, 6.07) is 0.193. The topological polar surface area (TPSA) is 61.8 Å². The van der Waals surface area contributed by atoms with E-state index in [1.165, 1.54) is 0 Å². The van der Waals surface area contributed by atoms with E-state index >= 15 is 0 Å². The van der Waals surface area contributed by atoms with Gasteiger partial charge in [-0.3, -0.25) is 0 Å². The summed E-state index contributed by atoms with van der Waals surface area (Å²) in [5.41, 5.74) is -0.454. The van der Waals surface area contributed by atoms with Crippen molar-refractivity contribution < 1.29 is 14.6 Å². The quantitative estimate of drug-likeness (QED) is 0.697. The number of hydrogen-bond acceptors (Lipinski definition) is 4. The van der Waals surface area contributed by atoms with E-state index in [-0.39, 0.29) is 24.2 Å². The molecule has 2 fully saturated rings. The molecule has 110 valence electrons. The molecule has 0 radical (unpaired) electrons. The predicted molar refractivity (Wildman–Crippen MR) is 72.9 cm³/mol. The van der Waals surface area contributed by atoms with Crippen LogP contribution in [0.5, 0.6) is 0 Å². The van der Waals surface area contributed by atoms with Gasteiger partial charge in [0.25, 0.3) is 0 Å². The number of fused-ring (bicyclic) bond motifs is 1. The van der Waals surface area contributed by atoms with Gasteiger partial charge in [-0.15, -0.1) is 0 Å². The van der Waals surface area contributed by atoms with E-state index in [0.29, 0.717) is 13.1 Å². The molecule has 2 rings (SSSR count). The number of nitrogens with one attached hydrogen (secondary N) is 1. The molecule has 0 bridgehead atoms. The van der Waals surface area contributed by atoms with E-state index in [1.807, 2.05) is 20.8 Å². The van der Waals surface area contributed by atoms with E-state index in [9.17, 15) is 9.90 Å². The lowest BCUT2D eigenvalue weighted by molar-refractivity contribution is 0.000534. The van der Waals surface area contributed by atoms with Crippen LogP contribution in [-0.4, -0.2) is 53.5 Å². The van der Waals surface area contributed by atoms with Gasteiger partial charge in [0, 0.05) is 25.0 Å². The van der Waals surface area contributed by atoms with Crippen molar-refractivity contribution in [2.75, 3.05) is 19.6 Å². The third kappa shape index (κ3) is 3.83. The van der Waals surface area contributed by atoms with Gasteiger partial charge in [-0.25, -0.2) is 4.79 Å². The fraction of sp³-hybridized carbons (Fsp3) is 0.929. The number of piperidine rings is 1. The number of carbonyl (C=O) groups excluding carboxylic acids is 1. The van der Waals surface area contributed by atoms with Crippen molar-refractivity contribution in [3.05, 3.63) is 0 Å². The van der Waals surface area contributed by atoms with E-state index < -0.39 is 5.60 Å². The van der Waals surface area contributed by atoms with Crippen LogP contribution in [0.3, 0.4) is 0 Å². The van der Waals surface area contributed by atoms with Crippen molar-refractivity contribution in [2.45, 2.75) is 57.8 Å². The van der Waals surface area contributed by atoms with Gasteiger partial charge in [-0.2, -0.15) is 0 Å². The maximum atomic E-state index is 12.1. The second-order valence-corrected chi connectivity index (χ2v) is 6.65. The average Bonchev–Trinajstić information content (AvgIpc) is 2.49. The van der Waals surface area contributed by atoms with E-state index in [4.69, 9.17) is 4.74 Å². The number of likely N-dealkylation sites (tertiary alicyclic amines) is 1. The van der Waals surface area contributed by atoms with Crippen molar-refractivity contribution in [1.29, 1.82) is 0 Å². The SMILES string of the molecule is CC(C)(C)OC(=O)N1CCC2C(O)CCCNC2C1. The zero-order valence-corrected chi connectivity index (χ0v) is 12.2. The number of nitrogens with zero attached hydrogens (tertiary/aromatic N) is 1. The van der Waals surface area contributed by atoms with Gasteiger partial charge >= 0.3 is 6.09 Å². The second-order valence-electron chi connectivity index (χ2n) is 6.65. The van der Waals surface area contributed by atoms with Crippen molar-refractivity contribution in [3.63, 3.8) is 0 Å². The van der Waals surface area contributed by atoms with Gasteiger partial charge in [0.2, 0.25) is 0 Å². The lowest BCUT2D eigenvalue weighted by Crippen LogP contribution is -2.55. The first-order valence-corrected chi connectivity index (χ1v) is 7.26. The standard InChI is InChI=1S/C14H26N2O3/c1-14(2,3)19-13(18)16-8-6-10-11(9-16)15-7-4-5-12(10)17/h10-12,15,17H,4-9H2,1-3H3. The summed E-state index contributed by atoms with van der Waals surface area (Å²) in [6.07, 6.45) is 2.23. The fourth-order valence-electron chi connectivity index (χ4n) is 2.95. The van der Waals surface area contributed by atoms with Crippen LogP contribution in [0.15, 0.2) is 0 Å². The maximum absolute atomic E-state index is 12.1. The molecule has 0 aromatic carbocycles. The van der Waals surface area contributed by atoms with Gasteiger partial charge in [0.15, 0.2) is 0 Å². The number of carbonyl (C=O) groups is 1. The first-order valence-electron chi connectivity index (χ1n) is 7.26. The molecule has 19 heavy (non-hydrogen) atoms. The summed E-state index contributed by atoms with van der Waals surface area (Å²) in [7, 11) is 0. The van der Waals surface area contributed by atoms with Gasteiger partial charge in [-0.1, -0.05) is 0 Å². The summed E-state index contributed by atoms with van der Waals surface area (Å²) in [5, 5.41) is 13.6. The van der Waals surface area contributed by atoms with Gasteiger partial charge in [0.1, 0.15) is 5.60 Å². The summed E-state index contributed by atoms with van der Waals surface area (Å²) >= 11 is 0. The fourth-order valence-corrected chi connectivity index (χ4v) is 2.95. The van der Waals surface area contributed by atoms with Gasteiger partial charge in [0.05, 0.1) is 6.10 Å². The Labute approximate surface area is 115 Å². The van der Waals surface area contributed by atoms with E-state index in [0.717, 1.165) is 25.8 Å². The van der Waals surface area contributed by atoms with Crippen molar-refractivity contribution in [2.24, 2.45) is 5.92 Å². The molecule has 3 unspecified atom stereocenters. The molecular weight excluding hydrogens is 244 g/mol. The molecule has 3 atom stereocenters. The number of rotatable bonds is 0. The second kappa shape index (κ2) is 5.67. The normalized spacial score (nSPS) is 32.4. The average molecular weight is 270 g/mol. The van der Waals surface area contributed by atoms with Crippen LogP contribution in [0.2, 0.25) is 0 Å². The molecule has 2 heterocycles. The van der Waals surface area contributed by atoms with Crippen LogP contribution >= 0.6 is 0 Å². The molecule has 0 spiro atoms. The van der Waals surface area contributed by atoms with Crippen molar-refractivity contribution in [1.82, 2.24) is 10.2 Å². The highest BCUT2D eigenvalue weighted by atomic mass is 16.6. The Hall–Kier alpha value is -0.810. The summed E-state index contributed by atoms with van der Waals surface area (Å²) in [5.74, 6) is 0.265. The highest BCUT2D eigenvalue weighted by Crippen LogP contribution is 2.26. The molecule has 2 saturated heterocycles. The Bertz CT molecular complexity index is 327. The molecule has 5 nitrogen and oxygen atoms in total. The summed E-state index contributed by atoms with van der Waals surface area (Å²) in [4.78, 5) is 13.8. The Kier molecular flexibility index (Phi) is 4.36. The lowest BCUT2D eigenvalue weighted by Gasteiger charge is -2.40. The minimum absolute atomic E-state index is 0.193. The van der Waals surface area contributed by atoms with Crippen molar-refractivity contribution in [3.8, 4) is 0 Å². The third-order valence-electron chi connectivity index (χ3n) is 3.90. The Morgan fingerprint density at radius 3 is 2.79 bits per heavy atom. The maximum Gasteiger partial charge on any atom is 0.410 e. The van der Waals surface area contributed by atoms with Crippen LogP contribution in [0.1, 0.15) is 40.0 Å². The molecule has 0 aromatic rings. The highest BCUT2D eigenvalue weighted by molar-refractivity contribution is 5.68. The van der Waals surface area contributed by atoms with E-state index in [1.54, 1.807) is 4.90 Å². The number of ether oxygens (including phenoxy) is 1. The number of amides is 1. The van der Waals surface area contributed by atoms with Gasteiger partial charge in [-0.05, 0) is 46.6 Å². The monoisotopic (exact) mass is 270 g/mol. The smallest absolute Gasteiger partial charge is 0.410 e. The number of hydrogen-bond donors (Lipinski definition) is 2. The first kappa shape index (κ1) is 14.6. The molecule has 0 aromatic heterocycles. The number of aliphatic hydroxyl groups is 1. The molecule has 1 amide bonds. The van der Waals surface area contributed by atoms with Crippen LogP contribution in [0.25, 0.3) is 0 Å².